The number of carbonyl (C=O) groups is 1. The lowest BCUT2D eigenvalue weighted by Gasteiger charge is -2.14. The molecule has 6 heteroatoms. The van der Waals surface area contributed by atoms with E-state index in [0.717, 1.165) is 9.50 Å². The molecular weight excluding hydrogens is 364 g/mol. The van der Waals surface area contributed by atoms with Gasteiger partial charge in [-0.25, -0.2) is 4.98 Å². The van der Waals surface area contributed by atoms with Crippen molar-refractivity contribution >= 4 is 39.3 Å². The smallest absolute Gasteiger partial charge is 0.237 e. The maximum atomic E-state index is 12.4. The number of rotatable bonds is 6. The van der Waals surface area contributed by atoms with Crippen LogP contribution >= 0.6 is 27.7 Å². The summed E-state index contributed by atoms with van der Waals surface area (Å²) in [5.74, 6) is 0.587. The minimum atomic E-state index is -0.277. The van der Waals surface area contributed by atoms with Crippen molar-refractivity contribution in [2.75, 3.05) is 11.9 Å². The molecule has 0 spiro atoms. The summed E-state index contributed by atoms with van der Waals surface area (Å²) in [6, 6.07) is 11.2. The van der Waals surface area contributed by atoms with E-state index >= 15 is 0 Å². The molecule has 0 radical (unpaired) electrons. The highest BCUT2D eigenvalue weighted by molar-refractivity contribution is 9.10. The molecule has 1 aromatic carbocycles. The molecule has 1 aromatic heterocycles. The van der Waals surface area contributed by atoms with Gasteiger partial charge in [0.15, 0.2) is 0 Å². The molecule has 1 amide bonds. The van der Waals surface area contributed by atoms with Gasteiger partial charge in [-0.15, -0.1) is 0 Å². The summed E-state index contributed by atoms with van der Waals surface area (Å²) in [6.45, 7) is 4.32. The van der Waals surface area contributed by atoms with Gasteiger partial charge in [-0.05, 0) is 54.0 Å². The van der Waals surface area contributed by atoms with Gasteiger partial charge < -0.3 is 10.1 Å². The maximum absolute atomic E-state index is 12.4. The van der Waals surface area contributed by atoms with E-state index in [-0.39, 0.29) is 11.2 Å². The molecule has 1 heterocycles. The number of nitrogens with one attached hydrogen (secondary N) is 1. The van der Waals surface area contributed by atoms with Crippen LogP contribution in [-0.4, -0.2) is 22.7 Å². The summed E-state index contributed by atoms with van der Waals surface area (Å²) in [6.07, 6.45) is 1.71. The van der Waals surface area contributed by atoms with Crippen LogP contribution in [0.25, 0.3) is 0 Å². The van der Waals surface area contributed by atoms with Crippen molar-refractivity contribution in [3.8, 4) is 5.75 Å². The van der Waals surface area contributed by atoms with Crippen molar-refractivity contribution in [1.29, 1.82) is 0 Å². The summed E-state index contributed by atoms with van der Waals surface area (Å²) in [5, 5.41) is 3.42. The minimum absolute atomic E-state index is 0.0882. The Hall–Kier alpha value is -1.53. The second-order valence-electron chi connectivity index (χ2n) is 4.47. The van der Waals surface area contributed by atoms with Crippen LogP contribution in [0.1, 0.15) is 13.8 Å². The molecule has 0 saturated heterocycles. The number of aromatic nitrogens is 1. The summed E-state index contributed by atoms with van der Waals surface area (Å²) in [4.78, 5) is 16.6. The van der Waals surface area contributed by atoms with Gasteiger partial charge in [-0.3, -0.25) is 4.79 Å². The zero-order valence-electron chi connectivity index (χ0n) is 12.4. The molecule has 0 bridgehead atoms. The van der Waals surface area contributed by atoms with Crippen molar-refractivity contribution in [2.45, 2.75) is 24.1 Å². The number of carbonyl (C=O) groups excluding carboxylic acids is 1. The number of thioether (sulfide) groups is 1. The summed E-state index contributed by atoms with van der Waals surface area (Å²) < 4.78 is 6.40. The number of amides is 1. The number of anilines is 1. The first-order chi connectivity index (χ1) is 10.6. The lowest BCUT2D eigenvalue weighted by molar-refractivity contribution is -0.115. The van der Waals surface area contributed by atoms with Crippen LogP contribution in [0.4, 0.5) is 5.69 Å². The fourth-order valence-corrected chi connectivity index (χ4v) is 3.10. The molecule has 1 N–H and O–H groups in total. The van der Waals surface area contributed by atoms with Crippen LogP contribution in [0, 0.1) is 0 Å². The van der Waals surface area contributed by atoms with E-state index < -0.39 is 0 Å². The second kappa shape index (κ2) is 8.19. The van der Waals surface area contributed by atoms with Gasteiger partial charge in [-0.2, -0.15) is 0 Å². The Balaban J connectivity index is 2.04. The maximum Gasteiger partial charge on any atom is 0.237 e. The molecule has 22 heavy (non-hydrogen) atoms. The van der Waals surface area contributed by atoms with Crippen molar-refractivity contribution in [1.82, 2.24) is 4.98 Å². The lowest BCUT2D eigenvalue weighted by Crippen LogP contribution is -2.23. The first-order valence-electron chi connectivity index (χ1n) is 6.91. The molecule has 0 aliphatic carbocycles. The predicted octanol–water partition coefficient (Wildman–Crippen LogP) is 4.36. The Morgan fingerprint density at radius 1 is 1.36 bits per heavy atom. The third-order valence-electron chi connectivity index (χ3n) is 2.83. The van der Waals surface area contributed by atoms with E-state index in [2.05, 4.69) is 26.2 Å². The number of nitrogens with zero attached hydrogens (tertiary/aromatic N) is 1. The van der Waals surface area contributed by atoms with E-state index in [1.807, 2.05) is 50.2 Å². The monoisotopic (exact) mass is 380 g/mol. The predicted molar refractivity (Wildman–Crippen MR) is 93.5 cm³/mol. The molecule has 4 nitrogen and oxygen atoms in total. The number of hydrogen-bond acceptors (Lipinski definition) is 4. The van der Waals surface area contributed by atoms with Gasteiger partial charge in [0.05, 0.1) is 17.5 Å². The molecule has 0 aliphatic rings. The molecule has 116 valence electrons. The Labute approximate surface area is 142 Å². The minimum Gasteiger partial charge on any atom is -0.492 e. The fourth-order valence-electron chi connectivity index (χ4n) is 1.76. The molecule has 0 aliphatic heterocycles. The molecule has 2 rings (SSSR count). The van der Waals surface area contributed by atoms with Crippen LogP contribution in [0.5, 0.6) is 5.75 Å². The SMILES string of the molecule is CCOc1ccccc1NC(=O)C(C)Sc1ncccc1Br. The second-order valence-corrected chi connectivity index (χ2v) is 6.65. The van der Waals surface area contributed by atoms with Crippen molar-refractivity contribution in [2.24, 2.45) is 0 Å². The van der Waals surface area contributed by atoms with Crippen LogP contribution in [0.3, 0.4) is 0 Å². The number of ether oxygens (including phenoxy) is 1. The summed E-state index contributed by atoms with van der Waals surface area (Å²) >= 11 is 4.84. The Kier molecular flexibility index (Phi) is 6.27. The van der Waals surface area contributed by atoms with Gasteiger partial charge in [0.25, 0.3) is 0 Å². The topological polar surface area (TPSA) is 51.2 Å². The van der Waals surface area contributed by atoms with Crippen LogP contribution < -0.4 is 10.1 Å². The molecule has 1 atom stereocenters. The molecule has 2 aromatic rings. The number of pyridine rings is 1. The van der Waals surface area contributed by atoms with E-state index in [9.17, 15) is 4.79 Å². The average Bonchev–Trinajstić information content (AvgIpc) is 2.51. The third kappa shape index (κ3) is 4.48. The third-order valence-corrected chi connectivity index (χ3v) is 4.85. The Morgan fingerprint density at radius 3 is 2.86 bits per heavy atom. The van der Waals surface area contributed by atoms with Gasteiger partial charge >= 0.3 is 0 Å². The standard InChI is InChI=1S/C16H17BrN2O2S/c1-3-21-14-9-5-4-8-13(14)19-15(20)11(2)22-16-12(17)7-6-10-18-16/h4-11H,3H2,1-2H3,(H,19,20). The van der Waals surface area contributed by atoms with Gasteiger partial charge in [0.1, 0.15) is 10.8 Å². The first kappa shape index (κ1) is 16.8. The largest absolute Gasteiger partial charge is 0.492 e. The average molecular weight is 381 g/mol. The Morgan fingerprint density at radius 2 is 2.14 bits per heavy atom. The molecule has 0 saturated carbocycles. The van der Waals surface area contributed by atoms with Crippen molar-refractivity contribution in [3.05, 3.63) is 47.1 Å². The van der Waals surface area contributed by atoms with Crippen LogP contribution in [0.2, 0.25) is 0 Å². The van der Waals surface area contributed by atoms with E-state index in [4.69, 9.17) is 4.74 Å². The van der Waals surface area contributed by atoms with Gasteiger partial charge in [0, 0.05) is 10.7 Å². The lowest BCUT2D eigenvalue weighted by atomic mass is 10.3. The van der Waals surface area contributed by atoms with Crippen LogP contribution in [0.15, 0.2) is 52.1 Å². The summed E-state index contributed by atoms with van der Waals surface area (Å²) in [5.41, 5.74) is 0.682. The van der Waals surface area contributed by atoms with Gasteiger partial charge in [0.2, 0.25) is 5.91 Å². The fraction of sp³-hybridized carbons (Fsp3) is 0.250. The summed E-state index contributed by atoms with van der Waals surface area (Å²) in [7, 11) is 0. The number of benzene rings is 1. The zero-order chi connectivity index (χ0) is 15.9. The van der Waals surface area contributed by atoms with E-state index in [1.54, 1.807) is 6.20 Å². The zero-order valence-corrected chi connectivity index (χ0v) is 14.8. The molecular formula is C16H17BrN2O2S. The normalized spacial score (nSPS) is 11.8. The number of hydrogen-bond donors (Lipinski definition) is 1. The molecule has 0 fully saturated rings. The van der Waals surface area contributed by atoms with Crippen molar-refractivity contribution < 1.29 is 9.53 Å². The highest BCUT2D eigenvalue weighted by atomic mass is 79.9. The number of para-hydroxylation sites is 2. The van der Waals surface area contributed by atoms with Crippen LogP contribution in [-0.2, 0) is 4.79 Å². The quantitative estimate of drug-likeness (QED) is 0.756. The Bertz CT molecular complexity index is 652. The number of halogens is 1. The first-order valence-corrected chi connectivity index (χ1v) is 8.59. The van der Waals surface area contributed by atoms with Crippen molar-refractivity contribution in [3.63, 3.8) is 0 Å². The van der Waals surface area contributed by atoms with Gasteiger partial charge in [-0.1, -0.05) is 23.9 Å². The highest BCUT2D eigenvalue weighted by Gasteiger charge is 2.18. The van der Waals surface area contributed by atoms with E-state index in [0.29, 0.717) is 18.0 Å². The highest BCUT2D eigenvalue weighted by Crippen LogP contribution is 2.30. The van der Waals surface area contributed by atoms with E-state index in [1.165, 1.54) is 11.8 Å². The molecule has 1 unspecified atom stereocenters.